The van der Waals surface area contributed by atoms with Crippen molar-refractivity contribution >= 4 is 11.6 Å². The molecule has 1 unspecified atom stereocenters. The summed E-state index contributed by atoms with van der Waals surface area (Å²) in [4.78, 5) is 19.9. The van der Waals surface area contributed by atoms with E-state index in [1.807, 2.05) is 66.7 Å². The molecule has 3 rings (SSSR count). The Balaban J connectivity index is 2.02. The predicted molar refractivity (Wildman–Crippen MR) is 107 cm³/mol. The van der Waals surface area contributed by atoms with Crippen LogP contribution in [0.15, 0.2) is 42.6 Å². The molecule has 5 heteroatoms. The fourth-order valence-electron chi connectivity index (χ4n) is 3.59. The van der Waals surface area contributed by atoms with E-state index in [9.17, 15) is 4.79 Å². The van der Waals surface area contributed by atoms with Gasteiger partial charge in [-0.3, -0.25) is 9.20 Å². The number of benzene rings is 1. The van der Waals surface area contributed by atoms with Gasteiger partial charge in [-0.1, -0.05) is 31.5 Å². The first kappa shape index (κ1) is 19.0. The van der Waals surface area contributed by atoms with Crippen LogP contribution in [-0.2, 0) is 0 Å². The number of hydrogen-bond donors (Lipinski definition) is 0. The van der Waals surface area contributed by atoms with Gasteiger partial charge in [0, 0.05) is 13.2 Å². The number of methoxy groups -OCH3 is 1. The van der Waals surface area contributed by atoms with Crippen LogP contribution in [0.5, 0.6) is 5.75 Å². The SMILES string of the molecule is CCCC(c1cccc(OC)c1)N(C)C(=O)c1c(C)nc2c(C)cccn12. The van der Waals surface area contributed by atoms with E-state index in [0.717, 1.165) is 41.1 Å². The summed E-state index contributed by atoms with van der Waals surface area (Å²) in [5, 5.41) is 0. The van der Waals surface area contributed by atoms with Crippen molar-refractivity contribution in [3.05, 3.63) is 65.1 Å². The number of hydrogen-bond acceptors (Lipinski definition) is 3. The fraction of sp³-hybridized carbons (Fsp3) is 0.364. The minimum atomic E-state index is -0.0214. The number of nitrogens with zero attached hydrogens (tertiary/aromatic N) is 3. The van der Waals surface area contributed by atoms with Crippen molar-refractivity contribution < 1.29 is 9.53 Å². The van der Waals surface area contributed by atoms with Crippen molar-refractivity contribution in [3.8, 4) is 5.75 Å². The summed E-state index contributed by atoms with van der Waals surface area (Å²) in [6.07, 6.45) is 3.76. The zero-order chi connectivity index (χ0) is 19.6. The van der Waals surface area contributed by atoms with Crippen LogP contribution in [-0.4, -0.2) is 34.3 Å². The molecule has 0 radical (unpaired) electrons. The summed E-state index contributed by atoms with van der Waals surface area (Å²) in [5.74, 6) is 0.780. The Morgan fingerprint density at radius 2 is 2.04 bits per heavy atom. The molecule has 1 aromatic carbocycles. The lowest BCUT2D eigenvalue weighted by Gasteiger charge is -2.29. The Kier molecular flexibility index (Phi) is 5.49. The van der Waals surface area contributed by atoms with Gasteiger partial charge in [0.2, 0.25) is 0 Å². The molecule has 1 atom stereocenters. The number of rotatable bonds is 6. The molecule has 0 spiro atoms. The lowest BCUT2D eigenvalue weighted by Crippen LogP contribution is -2.32. The highest BCUT2D eigenvalue weighted by Crippen LogP contribution is 2.29. The highest BCUT2D eigenvalue weighted by Gasteiger charge is 2.26. The molecule has 2 aromatic heterocycles. The maximum absolute atomic E-state index is 13.4. The van der Waals surface area contributed by atoms with Crippen molar-refractivity contribution in [2.75, 3.05) is 14.2 Å². The van der Waals surface area contributed by atoms with E-state index < -0.39 is 0 Å². The average Bonchev–Trinajstić information content (AvgIpc) is 3.02. The van der Waals surface area contributed by atoms with Gasteiger partial charge in [0.15, 0.2) is 0 Å². The van der Waals surface area contributed by atoms with Gasteiger partial charge >= 0.3 is 0 Å². The van der Waals surface area contributed by atoms with Crippen molar-refractivity contribution in [2.45, 2.75) is 39.7 Å². The lowest BCUT2D eigenvalue weighted by molar-refractivity contribution is 0.0713. The molecule has 27 heavy (non-hydrogen) atoms. The number of pyridine rings is 1. The number of fused-ring (bicyclic) bond motifs is 1. The van der Waals surface area contributed by atoms with Crippen LogP contribution >= 0.6 is 0 Å². The van der Waals surface area contributed by atoms with Crippen LogP contribution in [0.2, 0.25) is 0 Å². The van der Waals surface area contributed by atoms with E-state index in [4.69, 9.17) is 4.74 Å². The van der Waals surface area contributed by atoms with Crippen LogP contribution in [0.4, 0.5) is 0 Å². The number of aryl methyl sites for hydroxylation is 2. The Morgan fingerprint density at radius 3 is 2.74 bits per heavy atom. The van der Waals surface area contributed by atoms with Crippen molar-refractivity contribution in [1.29, 1.82) is 0 Å². The maximum Gasteiger partial charge on any atom is 0.273 e. The minimum absolute atomic E-state index is 0.0210. The number of amides is 1. The Hall–Kier alpha value is -2.82. The van der Waals surface area contributed by atoms with Gasteiger partial charge in [-0.2, -0.15) is 0 Å². The zero-order valence-electron chi connectivity index (χ0n) is 16.7. The molecule has 0 fully saturated rings. The predicted octanol–water partition coefficient (Wildman–Crippen LogP) is 4.57. The molecule has 0 aliphatic heterocycles. The van der Waals surface area contributed by atoms with Crippen molar-refractivity contribution in [3.63, 3.8) is 0 Å². The number of ether oxygens (including phenoxy) is 1. The quantitative estimate of drug-likeness (QED) is 0.643. The molecule has 0 aliphatic carbocycles. The summed E-state index contributed by atoms with van der Waals surface area (Å²) < 4.78 is 7.27. The third kappa shape index (κ3) is 3.54. The summed E-state index contributed by atoms with van der Waals surface area (Å²) in [6, 6.07) is 11.9. The second-order valence-electron chi connectivity index (χ2n) is 6.93. The van der Waals surface area contributed by atoms with Crippen molar-refractivity contribution in [1.82, 2.24) is 14.3 Å². The largest absolute Gasteiger partial charge is 0.497 e. The second kappa shape index (κ2) is 7.82. The molecule has 142 valence electrons. The normalized spacial score (nSPS) is 12.2. The van der Waals surface area contributed by atoms with Crippen molar-refractivity contribution in [2.24, 2.45) is 0 Å². The molecule has 0 saturated carbocycles. The number of imidazole rings is 1. The van der Waals surface area contributed by atoms with Crippen LogP contribution in [0.3, 0.4) is 0 Å². The second-order valence-corrected chi connectivity index (χ2v) is 6.93. The highest BCUT2D eigenvalue weighted by molar-refractivity contribution is 5.95. The van der Waals surface area contributed by atoms with Gasteiger partial charge in [-0.05, 0) is 49.6 Å². The highest BCUT2D eigenvalue weighted by atomic mass is 16.5. The van der Waals surface area contributed by atoms with Gasteiger partial charge in [0.25, 0.3) is 5.91 Å². The van der Waals surface area contributed by atoms with Gasteiger partial charge in [-0.15, -0.1) is 0 Å². The molecular formula is C22H27N3O2. The molecule has 0 aliphatic rings. The van der Waals surface area contributed by atoms with E-state index in [-0.39, 0.29) is 11.9 Å². The summed E-state index contributed by atoms with van der Waals surface area (Å²) >= 11 is 0. The number of aromatic nitrogens is 2. The van der Waals surface area contributed by atoms with Gasteiger partial charge in [0.1, 0.15) is 17.1 Å². The number of carbonyl (C=O) groups excluding carboxylic acids is 1. The third-order valence-corrected chi connectivity index (χ3v) is 5.05. The first-order chi connectivity index (χ1) is 13.0. The van der Waals surface area contributed by atoms with Crippen LogP contribution < -0.4 is 4.74 Å². The van der Waals surface area contributed by atoms with E-state index in [1.54, 1.807) is 7.11 Å². The first-order valence-electron chi connectivity index (χ1n) is 9.33. The lowest BCUT2D eigenvalue weighted by atomic mass is 10.00. The summed E-state index contributed by atoms with van der Waals surface area (Å²) in [7, 11) is 3.53. The van der Waals surface area contributed by atoms with Gasteiger partial charge in [0.05, 0.1) is 18.8 Å². The minimum Gasteiger partial charge on any atom is -0.497 e. The van der Waals surface area contributed by atoms with Crippen LogP contribution in [0.1, 0.15) is 53.1 Å². The smallest absolute Gasteiger partial charge is 0.273 e. The van der Waals surface area contributed by atoms with Crippen LogP contribution in [0, 0.1) is 13.8 Å². The monoisotopic (exact) mass is 365 g/mol. The van der Waals surface area contributed by atoms with E-state index in [2.05, 4.69) is 18.0 Å². The summed E-state index contributed by atoms with van der Waals surface area (Å²) in [6.45, 7) is 6.04. The topological polar surface area (TPSA) is 46.8 Å². The summed E-state index contributed by atoms with van der Waals surface area (Å²) in [5.41, 5.74) is 4.34. The van der Waals surface area contributed by atoms with Crippen LogP contribution in [0.25, 0.3) is 5.65 Å². The molecule has 3 aromatic rings. The molecule has 0 N–H and O–H groups in total. The Morgan fingerprint density at radius 1 is 1.26 bits per heavy atom. The Labute approximate surface area is 160 Å². The molecule has 1 amide bonds. The van der Waals surface area contributed by atoms with E-state index in [0.29, 0.717) is 5.69 Å². The van der Waals surface area contributed by atoms with Gasteiger partial charge < -0.3 is 9.64 Å². The molecule has 0 saturated heterocycles. The Bertz CT molecular complexity index is 961. The standard InChI is InChI=1S/C22H27N3O2/c1-6-9-19(17-11-7-12-18(14-17)27-5)24(4)22(26)20-16(3)23-21-15(2)10-8-13-25(20)21/h7-8,10-14,19H,6,9H2,1-5H3. The molecular weight excluding hydrogens is 338 g/mol. The third-order valence-electron chi connectivity index (χ3n) is 5.05. The molecule has 0 bridgehead atoms. The van der Waals surface area contributed by atoms with Gasteiger partial charge in [-0.25, -0.2) is 4.98 Å². The average molecular weight is 365 g/mol. The van der Waals surface area contributed by atoms with E-state index in [1.165, 1.54) is 0 Å². The number of carbonyl (C=O) groups is 1. The molecule has 5 nitrogen and oxygen atoms in total. The zero-order valence-corrected chi connectivity index (χ0v) is 16.7. The maximum atomic E-state index is 13.4. The molecule has 2 heterocycles. The fourth-order valence-corrected chi connectivity index (χ4v) is 3.59. The first-order valence-corrected chi connectivity index (χ1v) is 9.33. The van der Waals surface area contributed by atoms with E-state index >= 15 is 0 Å².